The van der Waals surface area contributed by atoms with Gasteiger partial charge in [-0.15, -0.1) is 0 Å². The number of aryl methyl sites for hydroxylation is 1. The summed E-state index contributed by atoms with van der Waals surface area (Å²) < 4.78 is 27.8. The second-order valence-electron chi connectivity index (χ2n) is 4.71. The van der Waals surface area contributed by atoms with E-state index in [0.29, 0.717) is 22.4 Å². The van der Waals surface area contributed by atoms with Crippen LogP contribution in [0.3, 0.4) is 0 Å². The van der Waals surface area contributed by atoms with Gasteiger partial charge in [0.2, 0.25) is 5.89 Å². The van der Waals surface area contributed by atoms with Crippen molar-refractivity contribution in [3.63, 3.8) is 0 Å². The van der Waals surface area contributed by atoms with E-state index in [2.05, 4.69) is 4.98 Å². The van der Waals surface area contributed by atoms with E-state index in [1.807, 2.05) is 19.1 Å². The second-order valence-corrected chi connectivity index (χ2v) is 8.51. The minimum absolute atomic E-state index is 0.168. The fourth-order valence-corrected chi connectivity index (χ4v) is 4.00. The molecular formula is C14H16ClNO3S2. The zero-order valence-corrected chi connectivity index (χ0v) is 14.2. The van der Waals surface area contributed by atoms with E-state index in [4.69, 9.17) is 16.0 Å². The first-order chi connectivity index (χ1) is 9.85. The predicted octanol–water partition coefficient (Wildman–Crippen LogP) is 3.58. The van der Waals surface area contributed by atoms with Crippen LogP contribution in [0.25, 0.3) is 11.3 Å². The summed E-state index contributed by atoms with van der Waals surface area (Å²) in [5, 5.41) is 0.674. The van der Waals surface area contributed by atoms with E-state index in [9.17, 15) is 8.42 Å². The van der Waals surface area contributed by atoms with Gasteiger partial charge in [0.1, 0.15) is 9.84 Å². The van der Waals surface area contributed by atoms with Gasteiger partial charge in [-0.2, -0.15) is 11.8 Å². The van der Waals surface area contributed by atoms with Gasteiger partial charge in [-0.3, -0.25) is 0 Å². The number of benzene rings is 1. The zero-order valence-electron chi connectivity index (χ0n) is 11.8. The lowest BCUT2D eigenvalue weighted by Crippen LogP contribution is -2.05. The molecule has 0 aliphatic rings. The molecule has 7 heteroatoms. The van der Waals surface area contributed by atoms with E-state index in [1.54, 1.807) is 12.1 Å². The summed E-state index contributed by atoms with van der Waals surface area (Å²) in [4.78, 5) is 4.37. The summed E-state index contributed by atoms with van der Waals surface area (Å²) in [5.74, 6) is 2.60. The number of sulfone groups is 1. The summed E-state index contributed by atoms with van der Waals surface area (Å²) >= 11 is 7.36. The molecule has 0 N–H and O–H groups in total. The Morgan fingerprint density at radius 1 is 1.29 bits per heavy atom. The Morgan fingerprint density at radius 2 is 1.95 bits per heavy atom. The first kappa shape index (κ1) is 16.4. The highest BCUT2D eigenvalue weighted by Gasteiger charge is 2.12. The van der Waals surface area contributed by atoms with Crippen molar-refractivity contribution < 1.29 is 12.8 Å². The maximum atomic E-state index is 11.1. The summed E-state index contributed by atoms with van der Waals surface area (Å²) in [6.45, 7) is 1.89. The van der Waals surface area contributed by atoms with Gasteiger partial charge in [0, 0.05) is 22.6 Å². The monoisotopic (exact) mass is 345 g/mol. The van der Waals surface area contributed by atoms with E-state index in [0.717, 1.165) is 17.0 Å². The van der Waals surface area contributed by atoms with E-state index in [1.165, 1.54) is 18.0 Å². The molecule has 0 radical (unpaired) electrons. The lowest BCUT2D eigenvalue weighted by molar-refractivity contribution is 0.529. The molecule has 1 heterocycles. The van der Waals surface area contributed by atoms with Crippen LogP contribution >= 0.6 is 23.4 Å². The Morgan fingerprint density at radius 3 is 2.57 bits per heavy atom. The molecule has 0 amide bonds. The number of halogens is 1. The molecule has 0 aliphatic carbocycles. The van der Waals surface area contributed by atoms with Crippen LogP contribution < -0.4 is 0 Å². The molecule has 0 saturated heterocycles. The van der Waals surface area contributed by atoms with Crippen LogP contribution in [0.15, 0.2) is 28.7 Å². The third kappa shape index (κ3) is 5.05. The highest BCUT2D eigenvalue weighted by Crippen LogP contribution is 2.27. The molecule has 1 aromatic heterocycles. The molecule has 0 atom stereocenters. The topological polar surface area (TPSA) is 60.2 Å². The molecule has 21 heavy (non-hydrogen) atoms. The third-order valence-electron chi connectivity index (χ3n) is 2.77. The minimum Gasteiger partial charge on any atom is -0.440 e. The van der Waals surface area contributed by atoms with Crippen molar-refractivity contribution in [3.05, 3.63) is 40.9 Å². The number of aromatic nitrogens is 1. The van der Waals surface area contributed by atoms with Crippen molar-refractivity contribution in [3.8, 4) is 11.3 Å². The van der Waals surface area contributed by atoms with Crippen molar-refractivity contribution in [1.29, 1.82) is 0 Å². The first-order valence-electron chi connectivity index (χ1n) is 6.33. The molecule has 0 aliphatic heterocycles. The van der Waals surface area contributed by atoms with Crippen molar-refractivity contribution >= 4 is 33.2 Å². The van der Waals surface area contributed by atoms with Crippen LogP contribution in [0.5, 0.6) is 0 Å². The number of hydrogen-bond donors (Lipinski definition) is 0. The average Bonchev–Trinajstić information content (AvgIpc) is 2.76. The van der Waals surface area contributed by atoms with Crippen molar-refractivity contribution in [2.45, 2.75) is 12.7 Å². The first-order valence-corrected chi connectivity index (χ1v) is 9.92. The fraction of sp³-hybridized carbons (Fsp3) is 0.357. The van der Waals surface area contributed by atoms with Gasteiger partial charge in [-0.1, -0.05) is 11.6 Å². The van der Waals surface area contributed by atoms with Gasteiger partial charge in [0.05, 0.1) is 17.2 Å². The molecule has 0 spiro atoms. The van der Waals surface area contributed by atoms with Gasteiger partial charge in [-0.25, -0.2) is 13.4 Å². The highest BCUT2D eigenvalue weighted by atomic mass is 35.5. The summed E-state index contributed by atoms with van der Waals surface area (Å²) in [5.41, 5.74) is 1.74. The van der Waals surface area contributed by atoms with Gasteiger partial charge in [-0.05, 0) is 31.2 Å². The van der Waals surface area contributed by atoms with Crippen molar-refractivity contribution in [2.75, 3.05) is 17.8 Å². The number of rotatable bonds is 6. The SMILES string of the molecule is Cc1nc(CSCCS(C)(=O)=O)oc1-c1ccc(Cl)cc1. The maximum absolute atomic E-state index is 11.1. The molecule has 0 bridgehead atoms. The van der Waals surface area contributed by atoms with Crippen LogP contribution in [0, 0.1) is 6.92 Å². The Kier molecular flexibility index (Phi) is 5.35. The van der Waals surface area contributed by atoms with Crippen LogP contribution in [0.2, 0.25) is 5.02 Å². The van der Waals surface area contributed by atoms with Crippen molar-refractivity contribution in [1.82, 2.24) is 4.98 Å². The number of oxazole rings is 1. The molecule has 0 saturated carbocycles. The second kappa shape index (κ2) is 6.85. The lowest BCUT2D eigenvalue weighted by Gasteiger charge is -1.98. The van der Waals surface area contributed by atoms with Gasteiger partial charge in [0.15, 0.2) is 5.76 Å². The van der Waals surface area contributed by atoms with Crippen LogP contribution in [-0.4, -0.2) is 31.2 Å². The van der Waals surface area contributed by atoms with E-state index < -0.39 is 9.84 Å². The van der Waals surface area contributed by atoms with Crippen LogP contribution in [0.4, 0.5) is 0 Å². The normalized spacial score (nSPS) is 11.8. The van der Waals surface area contributed by atoms with Crippen LogP contribution in [0.1, 0.15) is 11.6 Å². The molecule has 4 nitrogen and oxygen atoms in total. The van der Waals surface area contributed by atoms with Gasteiger partial charge < -0.3 is 4.42 Å². The molecule has 114 valence electrons. The molecule has 0 unspecified atom stereocenters. The summed E-state index contributed by atoms with van der Waals surface area (Å²) in [7, 11) is -2.91. The number of hydrogen-bond acceptors (Lipinski definition) is 5. The Hall–Kier alpha value is -0.980. The maximum Gasteiger partial charge on any atom is 0.205 e. The molecule has 0 fully saturated rings. The van der Waals surface area contributed by atoms with Crippen molar-refractivity contribution in [2.24, 2.45) is 0 Å². The Bertz CT molecular complexity index is 708. The van der Waals surface area contributed by atoms with Gasteiger partial charge >= 0.3 is 0 Å². The average molecular weight is 346 g/mol. The molecule has 1 aromatic carbocycles. The largest absolute Gasteiger partial charge is 0.440 e. The number of thioether (sulfide) groups is 1. The van der Waals surface area contributed by atoms with E-state index >= 15 is 0 Å². The predicted molar refractivity (Wildman–Crippen MR) is 87.6 cm³/mol. The standard InChI is InChI=1S/C14H16ClNO3S2/c1-10-14(11-3-5-12(15)6-4-11)19-13(16-10)9-20-7-8-21(2,17)18/h3-6H,7-9H2,1-2H3. The summed E-state index contributed by atoms with van der Waals surface area (Å²) in [6.07, 6.45) is 1.24. The number of nitrogens with zero attached hydrogens (tertiary/aromatic N) is 1. The highest BCUT2D eigenvalue weighted by molar-refractivity contribution is 7.99. The smallest absolute Gasteiger partial charge is 0.205 e. The quantitative estimate of drug-likeness (QED) is 0.749. The fourth-order valence-electron chi connectivity index (χ4n) is 1.75. The minimum atomic E-state index is -2.91. The van der Waals surface area contributed by atoms with Gasteiger partial charge in [0.25, 0.3) is 0 Å². The van der Waals surface area contributed by atoms with Crippen LogP contribution in [-0.2, 0) is 15.6 Å². The Balaban J connectivity index is 2.01. The molecular weight excluding hydrogens is 330 g/mol. The zero-order chi connectivity index (χ0) is 15.5. The lowest BCUT2D eigenvalue weighted by atomic mass is 10.1. The molecule has 2 rings (SSSR count). The third-order valence-corrected chi connectivity index (χ3v) is 5.17. The van der Waals surface area contributed by atoms with E-state index in [-0.39, 0.29) is 5.75 Å². The Labute approximate surface area is 133 Å². The molecule has 2 aromatic rings. The summed E-state index contributed by atoms with van der Waals surface area (Å²) in [6, 6.07) is 7.38.